The van der Waals surface area contributed by atoms with Crippen LogP contribution in [-0.4, -0.2) is 50.2 Å². The number of carbonyl (C=O) groups is 1. The number of methoxy groups -OCH3 is 1. The Balaban J connectivity index is 1.81. The molecule has 0 radical (unpaired) electrons. The van der Waals surface area contributed by atoms with Crippen LogP contribution in [0.5, 0.6) is 0 Å². The van der Waals surface area contributed by atoms with Crippen molar-refractivity contribution in [2.75, 3.05) is 33.3 Å². The topological polar surface area (TPSA) is 41.6 Å². The highest BCUT2D eigenvalue weighted by Crippen LogP contribution is 2.31. The Morgan fingerprint density at radius 2 is 2.05 bits per heavy atom. The summed E-state index contributed by atoms with van der Waals surface area (Å²) in [6.07, 6.45) is 5.68. The van der Waals surface area contributed by atoms with E-state index in [1.165, 1.54) is 32.9 Å². The SMILES string of the molecule is COC(=O)CC1CC(NCCC(C)C)CN(CC2CC2)C1. The molecule has 0 aromatic carbocycles. The van der Waals surface area contributed by atoms with E-state index in [0.717, 1.165) is 37.9 Å². The van der Waals surface area contributed by atoms with Gasteiger partial charge in [-0.3, -0.25) is 4.79 Å². The van der Waals surface area contributed by atoms with Crippen molar-refractivity contribution in [1.82, 2.24) is 10.2 Å². The van der Waals surface area contributed by atoms with Crippen molar-refractivity contribution in [2.24, 2.45) is 17.8 Å². The summed E-state index contributed by atoms with van der Waals surface area (Å²) < 4.78 is 4.85. The molecule has 0 amide bonds. The quantitative estimate of drug-likeness (QED) is 0.698. The lowest BCUT2D eigenvalue weighted by molar-refractivity contribution is -0.142. The van der Waals surface area contributed by atoms with Gasteiger partial charge in [0, 0.05) is 32.1 Å². The largest absolute Gasteiger partial charge is 0.469 e. The summed E-state index contributed by atoms with van der Waals surface area (Å²) in [5.74, 6) is 2.04. The molecule has 1 N–H and O–H groups in total. The van der Waals surface area contributed by atoms with Crippen LogP contribution in [0.3, 0.4) is 0 Å². The molecule has 2 fully saturated rings. The average Bonchev–Trinajstić information content (AvgIpc) is 3.21. The Labute approximate surface area is 129 Å². The molecule has 1 heterocycles. The Hall–Kier alpha value is -0.610. The van der Waals surface area contributed by atoms with Gasteiger partial charge in [-0.25, -0.2) is 0 Å². The van der Waals surface area contributed by atoms with Gasteiger partial charge in [0.15, 0.2) is 0 Å². The number of nitrogens with zero attached hydrogens (tertiary/aromatic N) is 1. The molecule has 4 nitrogen and oxygen atoms in total. The number of ether oxygens (including phenoxy) is 1. The molecule has 122 valence electrons. The van der Waals surface area contributed by atoms with E-state index < -0.39 is 0 Å². The third-order valence-corrected chi connectivity index (χ3v) is 4.66. The van der Waals surface area contributed by atoms with Gasteiger partial charge in [-0.2, -0.15) is 0 Å². The third kappa shape index (κ3) is 6.35. The number of nitrogens with one attached hydrogen (secondary N) is 1. The van der Waals surface area contributed by atoms with E-state index in [0.29, 0.717) is 18.4 Å². The highest BCUT2D eigenvalue weighted by molar-refractivity contribution is 5.69. The van der Waals surface area contributed by atoms with E-state index in [4.69, 9.17) is 4.74 Å². The van der Waals surface area contributed by atoms with E-state index in [1.54, 1.807) is 0 Å². The second-order valence-corrected chi connectivity index (χ2v) is 7.38. The van der Waals surface area contributed by atoms with Gasteiger partial charge >= 0.3 is 5.97 Å². The van der Waals surface area contributed by atoms with Crippen LogP contribution in [0.4, 0.5) is 0 Å². The molecule has 1 saturated carbocycles. The summed E-state index contributed by atoms with van der Waals surface area (Å²) >= 11 is 0. The van der Waals surface area contributed by atoms with Gasteiger partial charge in [-0.15, -0.1) is 0 Å². The Morgan fingerprint density at radius 3 is 2.67 bits per heavy atom. The van der Waals surface area contributed by atoms with Crippen LogP contribution in [-0.2, 0) is 9.53 Å². The molecule has 2 rings (SSSR count). The summed E-state index contributed by atoms with van der Waals surface area (Å²) in [5.41, 5.74) is 0. The molecule has 0 aromatic heterocycles. The second kappa shape index (κ2) is 8.14. The van der Waals surface area contributed by atoms with Gasteiger partial charge in [0.1, 0.15) is 0 Å². The molecular weight excluding hydrogens is 264 g/mol. The molecule has 2 aliphatic rings. The highest BCUT2D eigenvalue weighted by atomic mass is 16.5. The minimum atomic E-state index is -0.0609. The molecule has 0 spiro atoms. The van der Waals surface area contributed by atoms with Gasteiger partial charge in [0.25, 0.3) is 0 Å². The average molecular weight is 296 g/mol. The van der Waals surface area contributed by atoms with Gasteiger partial charge in [0.2, 0.25) is 0 Å². The number of esters is 1. The molecule has 4 heteroatoms. The first-order valence-electron chi connectivity index (χ1n) is 8.59. The van der Waals surface area contributed by atoms with Gasteiger partial charge < -0.3 is 15.0 Å². The zero-order chi connectivity index (χ0) is 15.2. The van der Waals surface area contributed by atoms with Gasteiger partial charge in [-0.1, -0.05) is 13.8 Å². The Bertz CT molecular complexity index is 329. The number of rotatable bonds is 8. The van der Waals surface area contributed by atoms with E-state index in [-0.39, 0.29) is 5.97 Å². The van der Waals surface area contributed by atoms with Crippen LogP contribution in [0.25, 0.3) is 0 Å². The molecule has 0 aromatic rings. The molecule has 2 atom stereocenters. The molecule has 1 aliphatic carbocycles. The van der Waals surface area contributed by atoms with Crippen LogP contribution in [0.2, 0.25) is 0 Å². The molecule has 1 saturated heterocycles. The number of hydrogen-bond acceptors (Lipinski definition) is 4. The van der Waals surface area contributed by atoms with Crippen molar-refractivity contribution >= 4 is 5.97 Å². The van der Waals surface area contributed by atoms with Gasteiger partial charge in [0.05, 0.1) is 7.11 Å². The summed E-state index contributed by atoms with van der Waals surface area (Å²) in [6, 6.07) is 0.533. The lowest BCUT2D eigenvalue weighted by atomic mass is 9.91. The molecule has 1 aliphatic heterocycles. The van der Waals surface area contributed by atoms with Crippen LogP contribution in [0.15, 0.2) is 0 Å². The van der Waals surface area contributed by atoms with Crippen LogP contribution in [0.1, 0.15) is 46.0 Å². The number of carbonyl (C=O) groups excluding carboxylic acids is 1. The number of hydrogen-bond donors (Lipinski definition) is 1. The third-order valence-electron chi connectivity index (χ3n) is 4.66. The fourth-order valence-corrected chi connectivity index (χ4v) is 3.31. The first-order valence-corrected chi connectivity index (χ1v) is 8.59. The van der Waals surface area contributed by atoms with Crippen molar-refractivity contribution in [3.05, 3.63) is 0 Å². The molecule has 0 bridgehead atoms. The maximum absolute atomic E-state index is 11.6. The number of likely N-dealkylation sites (tertiary alicyclic amines) is 1. The molecule has 21 heavy (non-hydrogen) atoms. The normalized spacial score (nSPS) is 27.0. The predicted octanol–water partition coefficient (Wildman–Crippen LogP) is 2.29. The summed E-state index contributed by atoms with van der Waals surface area (Å²) in [5, 5.41) is 3.70. The smallest absolute Gasteiger partial charge is 0.305 e. The lowest BCUT2D eigenvalue weighted by Gasteiger charge is -2.38. The van der Waals surface area contributed by atoms with Crippen molar-refractivity contribution in [1.29, 1.82) is 0 Å². The van der Waals surface area contributed by atoms with Crippen LogP contribution < -0.4 is 5.32 Å². The standard InChI is InChI=1S/C17H32N2O2/c1-13(2)6-7-18-16-8-15(9-17(20)21-3)11-19(12-16)10-14-4-5-14/h13-16,18H,4-12H2,1-3H3. The first kappa shape index (κ1) is 16.8. The second-order valence-electron chi connectivity index (χ2n) is 7.38. The maximum Gasteiger partial charge on any atom is 0.305 e. The van der Waals surface area contributed by atoms with Gasteiger partial charge in [-0.05, 0) is 50.0 Å². The van der Waals surface area contributed by atoms with Crippen LogP contribution in [0, 0.1) is 17.8 Å². The van der Waals surface area contributed by atoms with E-state index in [9.17, 15) is 4.79 Å². The van der Waals surface area contributed by atoms with Crippen molar-refractivity contribution in [3.8, 4) is 0 Å². The Kier molecular flexibility index (Phi) is 6.49. The fraction of sp³-hybridized carbons (Fsp3) is 0.941. The summed E-state index contributed by atoms with van der Waals surface area (Å²) in [7, 11) is 1.49. The van der Waals surface area contributed by atoms with Crippen molar-refractivity contribution < 1.29 is 9.53 Å². The zero-order valence-electron chi connectivity index (χ0n) is 13.9. The molecule has 2 unspecified atom stereocenters. The lowest BCUT2D eigenvalue weighted by Crippen LogP contribution is -2.50. The summed E-state index contributed by atoms with van der Waals surface area (Å²) in [6.45, 7) is 9.05. The van der Waals surface area contributed by atoms with Crippen molar-refractivity contribution in [3.63, 3.8) is 0 Å². The first-order chi connectivity index (χ1) is 10.1. The number of piperidine rings is 1. The summed E-state index contributed by atoms with van der Waals surface area (Å²) in [4.78, 5) is 14.1. The maximum atomic E-state index is 11.6. The van der Waals surface area contributed by atoms with E-state index in [2.05, 4.69) is 24.1 Å². The monoisotopic (exact) mass is 296 g/mol. The molecular formula is C17H32N2O2. The highest BCUT2D eigenvalue weighted by Gasteiger charge is 2.32. The minimum Gasteiger partial charge on any atom is -0.469 e. The van der Waals surface area contributed by atoms with Crippen molar-refractivity contribution in [2.45, 2.75) is 52.0 Å². The van der Waals surface area contributed by atoms with Crippen LogP contribution >= 0.6 is 0 Å². The minimum absolute atomic E-state index is 0.0609. The zero-order valence-corrected chi connectivity index (χ0v) is 13.9. The fourth-order valence-electron chi connectivity index (χ4n) is 3.31. The Morgan fingerprint density at radius 1 is 1.29 bits per heavy atom. The van der Waals surface area contributed by atoms with E-state index >= 15 is 0 Å². The predicted molar refractivity (Wildman–Crippen MR) is 85.1 cm³/mol. The van der Waals surface area contributed by atoms with E-state index in [1.807, 2.05) is 0 Å².